The van der Waals surface area contributed by atoms with Gasteiger partial charge in [-0.2, -0.15) is 5.10 Å². The number of carboxylic acids is 1. The van der Waals surface area contributed by atoms with Crippen LogP contribution < -0.4 is 5.32 Å². The van der Waals surface area contributed by atoms with Crippen molar-refractivity contribution in [3.63, 3.8) is 0 Å². The summed E-state index contributed by atoms with van der Waals surface area (Å²) in [6, 6.07) is 0.376. The standard InChI is InChI=1S/C12H16BrN3O2/c13-9-5-14-16(6-9)7-12(11(17)18,8-1-2-8)15-10-3-4-10/h5-6,8,10,15H,1-4,7H2,(H,17,18). The first-order valence-corrected chi connectivity index (χ1v) is 7.08. The Morgan fingerprint density at radius 1 is 1.56 bits per heavy atom. The van der Waals surface area contributed by atoms with Gasteiger partial charge in [-0.25, -0.2) is 0 Å². The Morgan fingerprint density at radius 3 is 2.72 bits per heavy atom. The van der Waals surface area contributed by atoms with Crippen molar-refractivity contribution in [2.75, 3.05) is 0 Å². The zero-order valence-electron chi connectivity index (χ0n) is 9.97. The third kappa shape index (κ3) is 2.31. The zero-order chi connectivity index (χ0) is 12.8. The Balaban J connectivity index is 1.84. The van der Waals surface area contributed by atoms with Crippen LogP contribution in [0.5, 0.6) is 0 Å². The predicted octanol–water partition coefficient (Wildman–Crippen LogP) is 1.63. The van der Waals surface area contributed by atoms with Crippen molar-refractivity contribution in [2.24, 2.45) is 5.92 Å². The smallest absolute Gasteiger partial charge is 0.326 e. The molecule has 1 aromatic heterocycles. The quantitative estimate of drug-likeness (QED) is 0.837. The Morgan fingerprint density at radius 2 is 2.28 bits per heavy atom. The second-order valence-electron chi connectivity index (χ2n) is 5.33. The average molecular weight is 314 g/mol. The highest BCUT2D eigenvalue weighted by atomic mass is 79.9. The number of carboxylic acid groups (broad SMARTS) is 1. The van der Waals surface area contributed by atoms with Gasteiger partial charge in [-0.1, -0.05) is 0 Å². The van der Waals surface area contributed by atoms with Crippen LogP contribution in [0.4, 0.5) is 0 Å². The van der Waals surface area contributed by atoms with Crippen LogP contribution in [-0.4, -0.2) is 32.4 Å². The van der Waals surface area contributed by atoms with Crippen molar-refractivity contribution in [3.05, 3.63) is 16.9 Å². The SMILES string of the molecule is O=C(O)C(Cn1cc(Br)cn1)(NC1CC1)C1CC1. The van der Waals surface area contributed by atoms with Crippen molar-refractivity contribution in [1.29, 1.82) is 0 Å². The zero-order valence-corrected chi connectivity index (χ0v) is 11.6. The predicted molar refractivity (Wildman–Crippen MR) is 69.2 cm³/mol. The molecule has 1 atom stereocenters. The van der Waals surface area contributed by atoms with Crippen LogP contribution in [0.3, 0.4) is 0 Å². The molecular formula is C12H16BrN3O2. The van der Waals surface area contributed by atoms with Gasteiger partial charge in [0.15, 0.2) is 0 Å². The Hall–Kier alpha value is -0.880. The van der Waals surface area contributed by atoms with Crippen LogP contribution in [0.2, 0.25) is 0 Å². The maximum Gasteiger partial charge on any atom is 0.326 e. The van der Waals surface area contributed by atoms with Crippen LogP contribution in [0.25, 0.3) is 0 Å². The molecule has 1 aromatic rings. The van der Waals surface area contributed by atoms with Crippen molar-refractivity contribution >= 4 is 21.9 Å². The van der Waals surface area contributed by atoms with Gasteiger partial charge < -0.3 is 5.11 Å². The molecule has 2 aliphatic carbocycles. The van der Waals surface area contributed by atoms with Crippen LogP contribution in [0.15, 0.2) is 16.9 Å². The van der Waals surface area contributed by atoms with E-state index in [1.54, 1.807) is 10.9 Å². The van der Waals surface area contributed by atoms with E-state index >= 15 is 0 Å². The van der Waals surface area contributed by atoms with Crippen molar-refractivity contribution in [3.8, 4) is 0 Å². The van der Waals surface area contributed by atoms with Crippen LogP contribution in [-0.2, 0) is 11.3 Å². The maximum absolute atomic E-state index is 11.8. The van der Waals surface area contributed by atoms with Crippen molar-refractivity contribution in [1.82, 2.24) is 15.1 Å². The number of aliphatic carboxylic acids is 1. The van der Waals surface area contributed by atoms with E-state index in [9.17, 15) is 9.90 Å². The summed E-state index contributed by atoms with van der Waals surface area (Å²) < 4.78 is 2.59. The molecule has 1 heterocycles. The molecule has 5 nitrogen and oxygen atoms in total. The molecule has 6 heteroatoms. The molecule has 2 saturated carbocycles. The minimum atomic E-state index is -0.841. The van der Waals surface area contributed by atoms with Crippen LogP contribution in [0.1, 0.15) is 25.7 Å². The molecule has 1 unspecified atom stereocenters. The molecule has 0 amide bonds. The lowest BCUT2D eigenvalue weighted by Crippen LogP contribution is -2.57. The summed E-state index contributed by atoms with van der Waals surface area (Å²) in [6.45, 7) is 0.398. The summed E-state index contributed by atoms with van der Waals surface area (Å²) >= 11 is 3.34. The molecule has 0 aromatic carbocycles. The lowest BCUT2D eigenvalue weighted by atomic mass is 9.93. The average Bonchev–Trinajstić information content (AvgIpc) is 3.19. The topological polar surface area (TPSA) is 67.1 Å². The molecule has 2 fully saturated rings. The molecule has 0 radical (unpaired) electrons. The molecule has 3 rings (SSSR count). The summed E-state index contributed by atoms with van der Waals surface area (Å²) in [7, 11) is 0. The highest BCUT2D eigenvalue weighted by Crippen LogP contribution is 2.42. The van der Waals surface area contributed by atoms with E-state index in [1.165, 1.54) is 0 Å². The summed E-state index contributed by atoms with van der Waals surface area (Å²) in [5.41, 5.74) is -0.841. The van der Waals surface area contributed by atoms with E-state index in [4.69, 9.17) is 0 Å². The van der Waals surface area contributed by atoms with Gasteiger partial charge in [0.25, 0.3) is 0 Å². The molecule has 0 aliphatic heterocycles. The molecule has 2 N–H and O–H groups in total. The molecule has 98 valence electrons. The molecule has 0 saturated heterocycles. The number of carbonyl (C=O) groups is 1. The molecular weight excluding hydrogens is 298 g/mol. The number of aromatic nitrogens is 2. The summed E-state index contributed by atoms with van der Waals surface area (Å²) in [5, 5.41) is 17.2. The number of hydrogen-bond acceptors (Lipinski definition) is 3. The molecule has 0 bridgehead atoms. The Kier molecular flexibility index (Phi) is 2.94. The van der Waals surface area contributed by atoms with E-state index in [2.05, 4.69) is 26.3 Å². The van der Waals surface area contributed by atoms with Crippen LogP contribution in [0, 0.1) is 5.92 Å². The molecule has 18 heavy (non-hydrogen) atoms. The van der Waals surface area contributed by atoms with E-state index < -0.39 is 11.5 Å². The number of hydrogen-bond donors (Lipinski definition) is 2. The van der Waals surface area contributed by atoms with Crippen LogP contribution >= 0.6 is 15.9 Å². The van der Waals surface area contributed by atoms with Gasteiger partial charge in [0.1, 0.15) is 5.54 Å². The van der Waals surface area contributed by atoms with Gasteiger partial charge in [-0.3, -0.25) is 14.8 Å². The Labute approximate surface area is 114 Å². The second kappa shape index (κ2) is 4.35. The number of halogens is 1. The van der Waals surface area contributed by atoms with Gasteiger partial charge in [-0.05, 0) is 47.5 Å². The number of nitrogens with one attached hydrogen (secondary N) is 1. The fraction of sp³-hybridized carbons (Fsp3) is 0.667. The van der Waals surface area contributed by atoms with E-state index in [0.29, 0.717) is 12.6 Å². The maximum atomic E-state index is 11.8. The van der Waals surface area contributed by atoms with Gasteiger partial charge in [0.2, 0.25) is 0 Å². The highest BCUT2D eigenvalue weighted by Gasteiger charge is 2.53. The fourth-order valence-electron chi connectivity index (χ4n) is 2.44. The van der Waals surface area contributed by atoms with E-state index in [1.807, 2.05) is 6.20 Å². The summed E-state index contributed by atoms with van der Waals surface area (Å²) in [4.78, 5) is 11.8. The normalized spacial score (nSPS) is 22.7. The summed E-state index contributed by atoms with van der Waals surface area (Å²) in [6.07, 6.45) is 7.68. The number of rotatable bonds is 6. The third-order valence-corrected chi connectivity index (χ3v) is 4.12. The fourth-order valence-corrected chi connectivity index (χ4v) is 2.77. The monoisotopic (exact) mass is 313 g/mol. The first kappa shape index (κ1) is 12.2. The van der Waals surface area contributed by atoms with Gasteiger partial charge in [0, 0.05) is 12.2 Å². The lowest BCUT2D eigenvalue weighted by Gasteiger charge is -2.31. The van der Waals surface area contributed by atoms with E-state index in [0.717, 1.165) is 30.2 Å². The summed E-state index contributed by atoms with van der Waals surface area (Å²) in [5.74, 6) is -0.512. The largest absolute Gasteiger partial charge is 0.480 e. The van der Waals surface area contributed by atoms with Gasteiger partial charge in [0.05, 0.1) is 17.2 Å². The minimum Gasteiger partial charge on any atom is -0.480 e. The number of nitrogens with zero attached hydrogens (tertiary/aromatic N) is 2. The first-order chi connectivity index (χ1) is 8.60. The first-order valence-electron chi connectivity index (χ1n) is 6.29. The molecule has 2 aliphatic rings. The lowest BCUT2D eigenvalue weighted by molar-refractivity contribution is -0.147. The molecule has 0 spiro atoms. The Bertz CT molecular complexity index is 468. The van der Waals surface area contributed by atoms with Gasteiger partial charge in [-0.15, -0.1) is 0 Å². The van der Waals surface area contributed by atoms with E-state index in [-0.39, 0.29) is 5.92 Å². The van der Waals surface area contributed by atoms with Crippen molar-refractivity contribution < 1.29 is 9.90 Å². The second-order valence-corrected chi connectivity index (χ2v) is 6.24. The van der Waals surface area contributed by atoms with Crippen molar-refractivity contribution in [2.45, 2.75) is 43.8 Å². The minimum absolute atomic E-state index is 0.235. The highest BCUT2D eigenvalue weighted by molar-refractivity contribution is 9.10. The third-order valence-electron chi connectivity index (χ3n) is 3.71. The van der Waals surface area contributed by atoms with Gasteiger partial charge >= 0.3 is 5.97 Å².